The number of anilines is 1. The van der Waals surface area contributed by atoms with E-state index in [9.17, 15) is 9.59 Å². The number of ether oxygens (including phenoxy) is 1. The highest BCUT2D eigenvalue weighted by atomic mass is 35.5. The quantitative estimate of drug-likeness (QED) is 0.799. The molecule has 1 atom stereocenters. The first-order valence-electron chi connectivity index (χ1n) is 7.80. The lowest BCUT2D eigenvalue weighted by atomic mass is 10.0. The zero-order valence-corrected chi connectivity index (χ0v) is 13.6. The molecule has 0 heterocycles. The van der Waals surface area contributed by atoms with Gasteiger partial charge in [-0.25, -0.2) is 0 Å². The minimum atomic E-state index is -0.810. The number of esters is 1. The summed E-state index contributed by atoms with van der Waals surface area (Å²) in [5, 5.41) is 3.23. The average Bonchev–Trinajstić information content (AvgIpc) is 2.98. The van der Waals surface area contributed by atoms with Gasteiger partial charge in [-0.15, -0.1) is 0 Å². The Morgan fingerprint density at radius 1 is 1.36 bits per heavy atom. The van der Waals surface area contributed by atoms with Gasteiger partial charge in [0.2, 0.25) is 0 Å². The first-order chi connectivity index (χ1) is 10.5. The summed E-state index contributed by atoms with van der Waals surface area (Å²) in [6.45, 7) is 1.58. The van der Waals surface area contributed by atoms with E-state index < -0.39 is 6.10 Å². The fourth-order valence-corrected chi connectivity index (χ4v) is 2.93. The molecule has 1 N–H and O–H groups in total. The molecule has 120 valence electrons. The molecule has 1 fully saturated rings. The molecule has 22 heavy (non-hydrogen) atoms. The van der Waals surface area contributed by atoms with Gasteiger partial charge in [0.05, 0.1) is 0 Å². The smallest absolute Gasteiger partial charge is 0.306 e. The average molecular weight is 324 g/mol. The third-order valence-electron chi connectivity index (χ3n) is 4.00. The van der Waals surface area contributed by atoms with E-state index in [2.05, 4.69) is 5.32 Å². The number of carbonyl (C=O) groups excluding carboxylic acids is 2. The second-order valence-corrected chi connectivity index (χ2v) is 6.26. The number of hydrogen-bond acceptors (Lipinski definition) is 3. The molecule has 1 aromatic carbocycles. The van der Waals surface area contributed by atoms with Gasteiger partial charge in [0.1, 0.15) is 0 Å². The van der Waals surface area contributed by atoms with E-state index >= 15 is 0 Å². The summed E-state index contributed by atoms with van der Waals surface area (Å²) in [6.07, 6.45) is 5.38. The Balaban J connectivity index is 1.74. The lowest BCUT2D eigenvalue weighted by Crippen LogP contribution is -2.30. The predicted octanol–water partition coefficient (Wildman–Crippen LogP) is 4.18. The van der Waals surface area contributed by atoms with Crippen molar-refractivity contribution in [3.8, 4) is 0 Å². The van der Waals surface area contributed by atoms with Crippen molar-refractivity contribution in [1.29, 1.82) is 0 Å². The van der Waals surface area contributed by atoms with Gasteiger partial charge in [-0.3, -0.25) is 9.59 Å². The highest BCUT2D eigenvalue weighted by Gasteiger charge is 2.20. The summed E-state index contributed by atoms with van der Waals surface area (Å²) in [5.41, 5.74) is 0.589. The Morgan fingerprint density at radius 2 is 2.09 bits per heavy atom. The van der Waals surface area contributed by atoms with Crippen LogP contribution in [0.5, 0.6) is 0 Å². The molecule has 1 amide bonds. The molecule has 5 heteroatoms. The van der Waals surface area contributed by atoms with Gasteiger partial charge >= 0.3 is 5.97 Å². The fraction of sp³-hybridized carbons (Fsp3) is 0.529. The van der Waals surface area contributed by atoms with Crippen LogP contribution in [-0.4, -0.2) is 18.0 Å². The fourth-order valence-electron chi connectivity index (χ4n) is 2.74. The molecule has 0 aromatic heterocycles. The van der Waals surface area contributed by atoms with Crippen LogP contribution in [0.15, 0.2) is 24.3 Å². The Kier molecular flexibility index (Phi) is 6.25. The van der Waals surface area contributed by atoms with Gasteiger partial charge in [0, 0.05) is 17.1 Å². The van der Waals surface area contributed by atoms with E-state index in [1.54, 1.807) is 31.2 Å². The van der Waals surface area contributed by atoms with Crippen molar-refractivity contribution in [2.75, 3.05) is 5.32 Å². The number of halogens is 1. The number of benzene rings is 1. The van der Waals surface area contributed by atoms with Crippen LogP contribution in [0.2, 0.25) is 5.02 Å². The normalized spacial score (nSPS) is 16.3. The Bertz CT molecular complexity index is 526. The molecule has 1 aliphatic carbocycles. The van der Waals surface area contributed by atoms with Crippen LogP contribution in [0.1, 0.15) is 45.4 Å². The van der Waals surface area contributed by atoms with Gasteiger partial charge < -0.3 is 10.1 Å². The van der Waals surface area contributed by atoms with Gasteiger partial charge in [-0.1, -0.05) is 43.4 Å². The summed E-state index contributed by atoms with van der Waals surface area (Å²) in [5.74, 6) is -0.0136. The molecule has 0 radical (unpaired) electrons. The highest BCUT2D eigenvalue weighted by Crippen LogP contribution is 2.28. The SMILES string of the molecule is C[C@@H](OC(=O)CCC1CCCC1)C(=O)Nc1cccc(Cl)c1. The second kappa shape index (κ2) is 8.18. The van der Waals surface area contributed by atoms with E-state index in [0.717, 1.165) is 6.42 Å². The van der Waals surface area contributed by atoms with Crippen molar-refractivity contribution >= 4 is 29.2 Å². The maximum absolute atomic E-state index is 12.0. The molecule has 0 unspecified atom stereocenters. The number of nitrogens with one attached hydrogen (secondary N) is 1. The molecule has 0 spiro atoms. The van der Waals surface area contributed by atoms with E-state index in [-0.39, 0.29) is 11.9 Å². The van der Waals surface area contributed by atoms with Crippen molar-refractivity contribution in [2.45, 2.75) is 51.6 Å². The summed E-state index contributed by atoms with van der Waals surface area (Å²) in [6, 6.07) is 6.85. The zero-order chi connectivity index (χ0) is 15.9. The summed E-state index contributed by atoms with van der Waals surface area (Å²) < 4.78 is 5.19. The van der Waals surface area contributed by atoms with Gasteiger partial charge in [0.25, 0.3) is 5.91 Å². The number of amides is 1. The molecule has 1 aromatic rings. The van der Waals surface area contributed by atoms with Crippen LogP contribution in [0.4, 0.5) is 5.69 Å². The highest BCUT2D eigenvalue weighted by molar-refractivity contribution is 6.30. The molecular formula is C17H22ClNO3. The monoisotopic (exact) mass is 323 g/mol. The van der Waals surface area contributed by atoms with Crippen LogP contribution in [0.25, 0.3) is 0 Å². The molecule has 0 aliphatic heterocycles. The topological polar surface area (TPSA) is 55.4 Å². The van der Waals surface area contributed by atoms with Crippen LogP contribution in [0.3, 0.4) is 0 Å². The van der Waals surface area contributed by atoms with Crippen molar-refractivity contribution in [1.82, 2.24) is 0 Å². The van der Waals surface area contributed by atoms with E-state index in [0.29, 0.717) is 23.0 Å². The predicted molar refractivity (Wildman–Crippen MR) is 86.8 cm³/mol. The maximum Gasteiger partial charge on any atom is 0.306 e. The first-order valence-corrected chi connectivity index (χ1v) is 8.18. The third-order valence-corrected chi connectivity index (χ3v) is 4.24. The van der Waals surface area contributed by atoms with Gasteiger partial charge in [0.15, 0.2) is 6.10 Å². The van der Waals surface area contributed by atoms with Gasteiger partial charge in [-0.05, 0) is 37.5 Å². The van der Waals surface area contributed by atoms with Crippen molar-refractivity contribution in [3.63, 3.8) is 0 Å². The second-order valence-electron chi connectivity index (χ2n) is 5.82. The van der Waals surface area contributed by atoms with E-state index in [4.69, 9.17) is 16.3 Å². The van der Waals surface area contributed by atoms with Crippen molar-refractivity contribution < 1.29 is 14.3 Å². The van der Waals surface area contributed by atoms with Crippen LogP contribution < -0.4 is 5.32 Å². The third kappa shape index (κ3) is 5.34. The molecular weight excluding hydrogens is 302 g/mol. The summed E-state index contributed by atoms with van der Waals surface area (Å²) >= 11 is 5.86. The molecule has 1 saturated carbocycles. The molecule has 4 nitrogen and oxygen atoms in total. The Hall–Kier alpha value is -1.55. The Morgan fingerprint density at radius 3 is 2.77 bits per heavy atom. The molecule has 0 bridgehead atoms. The Labute approximate surface area is 136 Å². The van der Waals surface area contributed by atoms with Crippen molar-refractivity contribution in [2.24, 2.45) is 5.92 Å². The maximum atomic E-state index is 12.0. The van der Waals surface area contributed by atoms with E-state index in [1.165, 1.54) is 25.7 Å². The van der Waals surface area contributed by atoms with Crippen LogP contribution in [-0.2, 0) is 14.3 Å². The molecule has 1 aliphatic rings. The lowest BCUT2D eigenvalue weighted by molar-refractivity contribution is -0.153. The van der Waals surface area contributed by atoms with Gasteiger partial charge in [-0.2, -0.15) is 0 Å². The largest absolute Gasteiger partial charge is 0.453 e. The minimum Gasteiger partial charge on any atom is -0.453 e. The van der Waals surface area contributed by atoms with Crippen LogP contribution in [0, 0.1) is 5.92 Å². The molecule has 0 saturated heterocycles. The molecule has 2 rings (SSSR count). The number of carbonyl (C=O) groups is 2. The first kappa shape index (κ1) is 16.8. The van der Waals surface area contributed by atoms with Crippen molar-refractivity contribution in [3.05, 3.63) is 29.3 Å². The number of hydrogen-bond donors (Lipinski definition) is 1. The lowest BCUT2D eigenvalue weighted by Gasteiger charge is -2.14. The van der Waals surface area contributed by atoms with Crippen LogP contribution >= 0.6 is 11.6 Å². The zero-order valence-electron chi connectivity index (χ0n) is 12.8. The number of rotatable bonds is 6. The standard InChI is InChI=1S/C17H22ClNO3/c1-12(17(21)19-15-8-4-7-14(18)11-15)22-16(20)10-9-13-5-2-3-6-13/h4,7-8,11-13H,2-3,5-6,9-10H2,1H3,(H,19,21)/t12-/m1/s1. The van der Waals surface area contributed by atoms with E-state index in [1.807, 2.05) is 0 Å². The summed E-state index contributed by atoms with van der Waals surface area (Å²) in [4.78, 5) is 23.8. The summed E-state index contributed by atoms with van der Waals surface area (Å²) in [7, 11) is 0. The minimum absolute atomic E-state index is 0.305.